The topological polar surface area (TPSA) is 58.6 Å². The van der Waals surface area contributed by atoms with Crippen LogP contribution in [0.4, 0.5) is 9.80 Å². The first kappa shape index (κ1) is 13.9. The standard InChI is InChI=1S/C13H18N2O3S/c1-9(2)6-11(16)14-7-10-8-15(13(17)18-10)12-4-3-5-19-12/h3-5,9-10H,6-8H2,1-2H3,(H,14,16). The molecule has 1 unspecified atom stereocenters. The number of hydrogen-bond donors (Lipinski definition) is 1. The Hall–Kier alpha value is -1.56. The van der Waals surface area contributed by atoms with E-state index in [4.69, 9.17) is 4.74 Å². The number of carbonyl (C=O) groups is 2. The van der Waals surface area contributed by atoms with E-state index in [-0.39, 0.29) is 18.1 Å². The molecule has 1 aromatic rings. The van der Waals surface area contributed by atoms with Gasteiger partial charge in [-0.25, -0.2) is 4.79 Å². The van der Waals surface area contributed by atoms with Crippen molar-refractivity contribution in [1.82, 2.24) is 5.32 Å². The first-order valence-corrected chi connectivity index (χ1v) is 7.22. The molecule has 5 nitrogen and oxygen atoms in total. The highest BCUT2D eigenvalue weighted by atomic mass is 32.1. The molecule has 1 fully saturated rings. The van der Waals surface area contributed by atoms with E-state index < -0.39 is 0 Å². The van der Waals surface area contributed by atoms with E-state index in [1.165, 1.54) is 11.3 Å². The van der Waals surface area contributed by atoms with Crippen molar-refractivity contribution in [3.63, 3.8) is 0 Å². The maximum Gasteiger partial charge on any atom is 0.415 e. The van der Waals surface area contributed by atoms with Gasteiger partial charge in [-0.3, -0.25) is 9.69 Å². The zero-order valence-corrected chi connectivity index (χ0v) is 11.9. The Morgan fingerprint density at radius 2 is 2.42 bits per heavy atom. The zero-order valence-electron chi connectivity index (χ0n) is 11.1. The normalized spacial score (nSPS) is 18.8. The number of nitrogens with zero attached hydrogens (tertiary/aromatic N) is 1. The summed E-state index contributed by atoms with van der Waals surface area (Å²) in [5.41, 5.74) is 0. The summed E-state index contributed by atoms with van der Waals surface area (Å²) in [5, 5.41) is 5.60. The first-order valence-electron chi connectivity index (χ1n) is 6.34. The van der Waals surface area contributed by atoms with Crippen LogP contribution in [0.5, 0.6) is 0 Å². The SMILES string of the molecule is CC(C)CC(=O)NCC1CN(c2cccs2)C(=O)O1. The van der Waals surface area contributed by atoms with E-state index in [1.54, 1.807) is 4.90 Å². The molecular weight excluding hydrogens is 264 g/mol. The van der Waals surface area contributed by atoms with Crippen LogP contribution in [0.1, 0.15) is 20.3 Å². The number of thiophene rings is 1. The molecular formula is C13H18N2O3S. The highest BCUT2D eigenvalue weighted by Gasteiger charge is 2.32. The highest BCUT2D eigenvalue weighted by Crippen LogP contribution is 2.25. The molecule has 1 aromatic heterocycles. The number of anilines is 1. The third-order valence-corrected chi connectivity index (χ3v) is 3.66. The molecule has 0 radical (unpaired) electrons. The van der Waals surface area contributed by atoms with E-state index in [1.807, 2.05) is 31.4 Å². The lowest BCUT2D eigenvalue weighted by Gasteiger charge is -2.11. The number of ether oxygens (including phenoxy) is 1. The molecule has 6 heteroatoms. The van der Waals surface area contributed by atoms with Crippen molar-refractivity contribution in [2.75, 3.05) is 18.0 Å². The number of cyclic esters (lactones) is 1. The van der Waals surface area contributed by atoms with Gasteiger partial charge in [0.15, 0.2) is 0 Å². The summed E-state index contributed by atoms with van der Waals surface area (Å²) in [6.45, 7) is 4.85. The van der Waals surface area contributed by atoms with Crippen molar-refractivity contribution in [1.29, 1.82) is 0 Å². The molecule has 2 heterocycles. The molecule has 0 bridgehead atoms. The van der Waals surface area contributed by atoms with Crippen LogP contribution in [-0.2, 0) is 9.53 Å². The molecule has 0 saturated carbocycles. The van der Waals surface area contributed by atoms with Crippen LogP contribution < -0.4 is 10.2 Å². The Labute approximate surface area is 116 Å². The highest BCUT2D eigenvalue weighted by molar-refractivity contribution is 7.14. The smallest absolute Gasteiger partial charge is 0.415 e. The third-order valence-electron chi connectivity index (χ3n) is 2.77. The van der Waals surface area contributed by atoms with E-state index in [9.17, 15) is 9.59 Å². The average molecular weight is 282 g/mol. The fraction of sp³-hybridized carbons (Fsp3) is 0.538. The monoisotopic (exact) mass is 282 g/mol. The molecule has 1 aliphatic heterocycles. The molecule has 1 N–H and O–H groups in total. The molecule has 0 aromatic carbocycles. The van der Waals surface area contributed by atoms with Gasteiger partial charge >= 0.3 is 6.09 Å². The van der Waals surface area contributed by atoms with Gasteiger partial charge in [0.1, 0.15) is 11.1 Å². The van der Waals surface area contributed by atoms with Gasteiger partial charge in [0, 0.05) is 6.42 Å². The van der Waals surface area contributed by atoms with Gasteiger partial charge in [-0.2, -0.15) is 0 Å². The van der Waals surface area contributed by atoms with Crippen molar-refractivity contribution >= 4 is 28.3 Å². The Kier molecular flexibility index (Phi) is 4.42. The van der Waals surface area contributed by atoms with Gasteiger partial charge in [-0.1, -0.05) is 13.8 Å². The van der Waals surface area contributed by atoms with E-state index in [0.717, 1.165) is 5.00 Å². The fourth-order valence-corrected chi connectivity index (χ4v) is 2.63. The maximum absolute atomic E-state index is 11.7. The van der Waals surface area contributed by atoms with Crippen LogP contribution in [0.25, 0.3) is 0 Å². The summed E-state index contributed by atoms with van der Waals surface area (Å²) < 4.78 is 5.23. The molecule has 1 saturated heterocycles. The fourth-order valence-electron chi connectivity index (χ4n) is 1.90. The second-order valence-corrected chi connectivity index (χ2v) is 5.90. The van der Waals surface area contributed by atoms with Crippen molar-refractivity contribution in [3.05, 3.63) is 17.5 Å². The average Bonchev–Trinajstić information content (AvgIpc) is 2.94. The molecule has 1 atom stereocenters. The Balaban J connectivity index is 1.81. The van der Waals surface area contributed by atoms with Gasteiger partial charge in [-0.15, -0.1) is 11.3 Å². The molecule has 2 amide bonds. The molecule has 104 valence electrons. The Morgan fingerprint density at radius 1 is 1.63 bits per heavy atom. The molecule has 0 aliphatic carbocycles. The van der Waals surface area contributed by atoms with E-state index in [2.05, 4.69) is 5.32 Å². The lowest BCUT2D eigenvalue weighted by atomic mass is 10.1. The quantitative estimate of drug-likeness (QED) is 0.901. The van der Waals surface area contributed by atoms with Gasteiger partial charge in [0.25, 0.3) is 0 Å². The predicted octanol–water partition coefficient (Wildman–Crippen LogP) is 2.24. The summed E-state index contributed by atoms with van der Waals surface area (Å²) in [6.07, 6.45) is -0.119. The number of carbonyl (C=O) groups excluding carboxylic acids is 2. The summed E-state index contributed by atoms with van der Waals surface area (Å²) in [7, 11) is 0. The summed E-state index contributed by atoms with van der Waals surface area (Å²) in [4.78, 5) is 24.8. The zero-order chi connectivity index (χ0) is 13.8. The van der Waals surface area contributed by atoms with E-state index >= 15 is 0 Å². The van der Waals surface area contributed by atoms with Crippen LogP contribution in [0.15, 0.2) is 17.5 Å². The molecule has 1 aliphatic rings. The first-order chi connectivity index (χ1) is 9.06. The summed E-state index contributed by atoms with van der Waals surface area (Å²) in [5.74, 6) is 0.328. The van der Waals surface area contributed by atoms with Gasteiger partial charge in [0.05, 0.1) is 13.1 Å². The number of nitrogens with one attached hydrogen (secondary N) is 1. The van der Waals surface area contributed by atoms with Crippen LogP contribution in [0.3, 0.4) is 0 Å². The van der Waals surface area contributed by atoms with Gasteiger partial charge < -0.3 is 10.1 Å². The minimum absolute atomic E-state index is 0.000576. The van der Waals surface area contributed by atoms with Crippen LogP contribution in [-0.4, -0.2) is 31.2 Å². The summed E-state index contributed by atoms with van der Waals surface area (Å²) in [6, 6.07) is 3.77. The van der Waals surface area contributed by atoms with Crippen LogP contribution in [0.2, 0.25) is 0 Å². The second kappa shape index (κ2) is 6.06. The summed E-state index contributed by atoms with van der Waals surface area (Å²) >= 11 is 1.50. The lowest BCUT2D eigenvalue weighted by molar-refractivity contribution is -0.122. The Bertz CT molecular complexity index is 445. The van der Waals surface area contributed by atoms with Gasteiger partial charge in [0.2, 0.25) is 5.91 Å². The van der Waals surface area contributed by atoms with Crippen molar-refractivity contribution in [3.8, 4) is 0 Å². The van der Waals surface area contributed by atoms with Crippen LogP contribution in [0, 0.1) is 5.92 Å². The number of rotatable bonds is 5. The van der Waals surface area contributed by atoms with E-state index in [0.29, 0.717) is 25.4 Å². The predicted molar refractivity (Wildman–Crippen MR) is 74.4 cm³/mol. The molecule has 0 spiro atoms. The Morgan fingerprint density at radius 3 is 3.05 bits per heavy atom. The largest absolute Gasteiger partial charge is 0.442 e. The number of amides is 2. The lowest BCUT2D eigenvalue weighted by Crippen LogP contribution is -2.34. The number of hydrogen-bond acceptors (Lipinski definition) is 4. The second-order valence-electron chi connectivity index (χ2n) is 4.97. The van der Waals surface area contributed by atoms with Crippen LogP contribution >= 0.6 is 11.3 Å². The van der Waals surface area contributed by atoms with Crippen molar-refractivity contribution in [2.45, 2.75) is 26.4 Å². The van der Waals surface area contributed by atoms with Crippen molar-refractivity contribution in [2.24, 2.45) is 5.92 Å². The molecule has 19 heavy (non-hydrogen) atoms. The molecule has 2 rings (SSSR count). The maximum atomic E-state index is 11.7. The minimum Gasteiger partial charge on any atom is -0.442 e. The third kappa shape index (κ3) is 3.70. The minimum atomic E-state index is -0.342. The van der Waals surface area contributed by atoms with Crippen molar-refractivity contribution < 1.29 is 14.3 Å². The van der Waals surface area contributed by atoms with Gasteiger partial charge in [-0.05, 0) is 23.4 Å².